The molecule has 3 aromatic rings. The van der Waals surface area contributed by atoms with Crippen LogP contribution in [0.15, 0.2) is 78.9 Å². The molecule has 29 heavy (non-hydrogen) atoms. The van der Waals surface area contributed by atoms with Gasteiger partial charge >= 0.3 is 0 Å². The van der Waals surface area contributed by atoms with E-state index in [0.717, 1.165) is 28.3 Å². The molecule has 4 nitrogen and oxygen atoms in total. The zero-order valence-electron chi connectivity index (χ0n) is 17.3. The molecule has 2 N–H and O–H groups in total. The van der Waals surface area contributed by atoms with E-state index in [1.165, 1.54) is 11.1 Å². The number of quaternary nitrogens is 1. The summed E-state index contributed by atoms with van der Waals surface area (Å²) in [5.74, 6) is 0.827. The lowest BCUT2D eigenvalue weighted by Crippen LogP contribution is -3.08. The van der Waals surface area contributed by atoms with Gasteiger partial charge in [-0.25, -0.2) is 0 Å². The normalized spacial score (nSPS) is 12.8. The monoisotopic (exact) mass is 389 g/mol. The van der Waals surface area contributed by atoms with E-state index >= 15 is 0 Å². The number of ether oxygens (including phenoxy) is 1. The molecular formula is C25H29N2O2+. The Morgan fingerprint density at radius 3 is 2.17 bits per heavy atom. The van der Waals surface area contributed by atoms with Gasteiger partial charge in [0.25, 0.3) is 5.91 Å². The number of carbonyl (C=O) groups excluding carboxylic acids is 1. The first-order valence-electron chi connectivity index (χ1n) is 9.90. The Labute approximate surface area is 173 Å². The maximum atomic E-state index is 12.8. The minimum Gasteiger partial charge on any atom is -0.497 e. The predicted molar refractivity (Wildman–Crippen MR) is 116 cm³/mol. The summed E-state index contributed by atoms with van der Waals surface area (Å²) in [6.45, 7) is 3.30. The number of benzene rings is 3. The van der Waals surface area contributed by atoms with Gasteiger partial charge in [-0.05, 0) is 30.2 Å². The Balaban J connectivity index is 1.69. The van der Waals surface area contributed by atoms with E-state index in [1.807, 2.05) is 61.6 Å². The number of rotatable bonds is 8. The van der Waals surface area contributed by atoms with Crippen LogP contribution >= 0.6 is 0 Å². The van der Waals surface area contributed by atoms with Gasteiger partial charge in [0, 0.05) is 5.56 Å². The van der Waals surface area contributed by atoms with E-state index in [1.54, 1.807) is 7.11 Å². The van der Waals surface area contributed by atoms with E-state index < -0.39 is 0 Å². The summed E-state index contributed by atoms with van der Waals surface area (Å²) in [4.78, 5) is 14.0. The van der Waals surface area contributed by atoms with Crippen LogP contribution in [0.5, 0.6) is 5.75 Å². The number of amides is 1. The van der Waals surface area contributed by atoms with Gasteiger partial charge in [0.1, 0.15) is 12.3 Å². The molecule has 3 aromatic carbocycles. The summed E-state index contributed by atoms with van der Waals surface area (Å²) in [5.41, 5.74) is 4.56. The third-order valence-corrected chi connectivity index (χ3v) is 4.98. The molecule has 0 radical (unpaired) electrons. The zero-order valence-corrected chi connectivity index (χ0v) is 17.3. The SMILES string of the molecule is COc1ccc([C@@H](NC(=O)C[NH+](C)Cc2ccc(C)cc2)c2ccccc2)cc1. The average Bonchev–Trinajstić information content (AvgIpc) is 2.74. The van der Waals surface area contributed by atoms with Crippen molar-refractivity contribution in [3.8, 4) is 5.75 Å². The molecular weight excluding hydrogens is 360 g/mol. The van der Waals surface area contributed by atoms with Crippen molar-refractivity contribution < 1.29 is 14.4 Å². The summed E-state index contributed by atoms with van der Waals surface area (Å²) in [7, 11) is 3.70. The first-order valence-corrected chi connectivity index (χ1v) is 9.90. The quantitative estimate of drug-likeness (QED) is 0.622. The number of aryl methyl sites for hydroxylation is 1. The van der Waals surface area contributed by atoms with Crippen LogP contribution in [-0.4, -0.2) is 26.6 Å². The van der Waals surface area contributed by atoms with Crippen LogP contribution in [0.2, 0.25) is 0 Å². The summed E-state index contributed by atoms with van der Waals surface area (Å²) in [6, 6.07) is 26.2. The third kappa shape index (κ3) is 5.93. The van der Waals surface area contributed by atoms with Gasteiger partial charge in [0.05, 0.1) is 20.2 Å². The molecule has 0 spiro atoms. The van der Waals surface area contributed by atoms with E-state index in [9.17, 15) is 4.79 Å². The van der Waals surface area contributed by atoms with Crippen molar-refractivity contribution in [2.75, 3.05) is 20.7 Å². The molecule has 2 atom stereocenters. The Morgan fingerprint density at radius 2 is 1.55 bits per heavy atom. The minimum absolute atomic E-state index is 0.0271. The molecule has 1 amide bonds. The van der Waals surface area contributed by atoms with Crippen molar-refractivity contribution in [1.29, 1.82) is 0 Å². The first-order chi connectivity index (χ1) is 14.0. The summed E-state index contributed by atoms with van der Waals surface area (Å²) >= 11 is 0. The van der Waals surface area contributed by atoms with E-state index in [4.69, 9.17) is 4.74 Å². The first kappa shape index (κ1) is 20.6. The number of nitrogens with one attached hydrogen (secondary N) is 2. The summed E-state index contributed by atoms with van der Waals surface area (Å²) in [6.07, 6.45) is 0. The number of hydrogen-bond acceptors (Lipinski definition) is 2. The lowest BCUT2D eigenvalue weighted by Gasteiger charge is -2.21. The number of carbonyl (C=O) groups is 1. The van der Waals surface area contributed by atoms with Gasteiger partial charge in [-0.15, -0.1) is 0 Å². The molecule has 0 saturated heterocycles. The highest BCUT2D eigenvalue weighted by molar-refractivity contribution is 5.78. The molecule has 0 aromatic heterocycles. The highest BCUT2D eigenvalue weighted by atomic mass is 16.5. The van der Waals surface area contributed by atoms with Crippen LogP contribution in [-0.2, 0) is 11.3 Å². The van der Waals surface area contributed by atoms with Crippen molar-refractivity contribution >= 4 is 5.91 Å². The molecule has 0 aliphatic carbocycles. The number of likely N-dealkylation sites (N-methyl/N-ethyl adjacent to an activating group) is 1. The average molecular weight is 390 g/mol. The van der Waals surface area contributed by atoms with Gasteiger partial charge in [-0.2, -0.15) is 0 Å². The summed E-state index contributed by atoms with van der Waals surface area (Å²) < 4.78 is 5.26. The Kier molecular flexibility index (Phi) is 7.04. The lowest BCUT2D eigenvalue weighted by molar-refractivity contribution is -0.885. The van der Waals surface area contributed by atoms with Gasteiger partial charge in [0.2, 0.25) is 0 Å². The molecule has 0 aliphatic heterocycles. The second-order valence-electron chi connectivity index (χ2n) is 7.48. The highest BCUT2D eigenvalue weighted by Gasteiger charge is 2.19. The fourth-order valence-corrected chi connectivity index (χ4v) is 3.40. The maximum Gasteiger partial charge on any atom is 0.275 e. The molecule has 0 fully saturated rings. The topological polar surface area (TPSA) is 42.8 Å². The van der Waals surface area contributed by atoms with E-state index in [2.05, 4.69) is 36.5 Å². The van der Waals surface area contributed by atoms with Gasteiger partial charge < -0.3 is 15.0 Å². The van der Waals surface area contributed by atoms with Crippen LogP contribution in [0.3, 0.4) is 0 Å². The zero-order chi connectivity index (χ0) is 20.6. The van der Waals surface area contributed by atoms with Crippen LogP contribution in [0.1, 0.15) is 28.3 Å². The largest absolute Gasteiger partial charge is 0.497 e. The highest BCUT2D eigenvalue weighted by Crippen LogP contribution is 2.24. The van der Waals surface area contributed by atoms with Gasteiger partial charge in [0.15, 0.2) is 6.54 Å². The standard InChI is InChI=1S/C25H28N2O2/c1-19-9-11-20(12-10-19)17-27(2)18-24(28)26-25(21-7-5-4-6-8-21)22-13-15-23(29-3)16-14-22/h4-16,25H,17-18H2,1-3H3,(H,26,28)/p+1/t25-/m0/s1. The van der Waals surface area contributed by atoms with E-state index in [-0.39, 0.29) is 11.9 Å². The number of methoxy groups -OCH3 is 1. The fraction of sp³-hybridized carbons (Fsp3) is 0.240. The third-order valence-electron chi connectivity index (χ3n) is 4.98. The smallest absolute Gasteiger partial charge is 0.275 e. The molecule has 1 unspecified atom stereocenters. The van der Waals surface area contributed by atoms with Crippen LogP contribution < -0.4 is 15.0 Å². The number of hydrogen-bond donors (Lipinski definition) is 2. The van der Waals surface area contributed by atoms with Crippen molar-refractivity contribution in [2.45, 2.75) is 19.5 Å². The Bertz CT molecular complexity index is 906. The lowest BCUT2D eigenvalue weighted by atomic mass is 9.98. The molecule has 0 aliphatic rings. The predicted octanol–water partition coefficient (Wildman–Crippen LogP) is 2.92. The van der Waals surface area contributed by atoms with Crippen molar-refractivity contribution in [3.63, 3.8) is 0 Å². The second-order valence-corrected chi connectivity index (χ2v) is 7.48. The summed E-state index contributed by atoms with van der Waals surface area (Å²) in [5, 5.41) is 3.21. The van der Waals surface area contributed by atoms with Crippen LogP contribution in [0, 0.1) is 6.92 Å². The molecule has 0 bridgehead atoms. The van der Waals surface area contributed by atoms with Gasteiger partial charge in [-0.3, -0.25) is 4.79 Å². The van der Waals surface area contributed by atoms with Crippen molar-refractivity contribution in [3.05, 3.63) is 101 Å². The Hall–Kier alpha value is -3.11. The van der Waals surface area contributed by atoms with Crippen molar-refractivity contribution in [2.24, 2.45) is 0 Å². The fourth-order valence-electron chi connectivity index (χ4n) is 3.40. The molecule has 0 heterocycles. The molecule has 3 rings (SSSR count). The Morgan fingerprint density at radius 1 is 0.931 bits per heavy atom. The molecule has 4 heteroatoms. The van der Waals surface area contributed by atoms with Crippen molar-refractivity contribution in [1.82, 2.24) is 5.32 Å². The van der Waals surface area contributed by atoms with Crippen LogP contribution in [0.4, 0.5) is 0 Å². The van der Waals surface area contributed by atoms with Crippen LogP contribution in [0.25, 0.3) is 0 Å². The molecule has 0 saturated carbocycles. The van der Waals surface area contributed by atoms with Gasteiger partial charge in [-0.1, -0.05) is 72.3 Å². The molecule has 150 valence electrons. The minimum atomic E-state index is -0.193. The van der Waals surface area contributed by atoms with E-state index in [0.29, 0.717) is 6.54 Å². The second kappa shape index (κ2) is 9.89. The maximum absolute atomic E-state index is 12.8.